The maximum atomic E-state index is 8.42. The third kappa shape index (κ3) is 5.82. The van der Waals surface area contributed by atoms with Gasteiger partial charge in [0.2, 0.25) is 5.13 Å². The zero-order chi connectivity index (χ0) is 12.5. The standard InChI is InChI=1S/C10H13N3S4/c1-14-10(15-2)13-9-12-8(7-17-9)6-16-5-3-4-11/h7H,3,5-6H2,1-2H3. The molecular formula is C10H13N3S4. The summed E-state index contributed by atoms with van der Waals surface area (Å²) in [6.45, 7) is 0. The zero-order valence-corrected chi connectivity index (χ0v) is 12.9. The van der Waals surface area contributed by atoms with E-state index in [0.717, 1.165) is 26.7 Å². The third-order valence-corrected chi connectivity index (χ3v) is 5.34. The van der Waals surface area contributed by atoms with Crippen molar-refractivity contribution in [1.82, 2.24) is 4.98 Å². The van der Waals surface area contributed by atoms with Crippen molar-refractivity contribution in [3.05, 3.63) is 11.1 Å². The molecule has 0 atom stereocenters. The Bertz CT molecular complexity index is 402. The second kappa shape index (κ2) is 8.86. The summed E-state index contributed by atoms with van der Waals surface area (Å²) in [5, 5.41) is 11.3. The van der Waals surface area contributed by atoms with Crippen LogP contribution in [-0.4, -0.2) is 27.6 Å². The lowest BCUT2D eigenvalue weighted by atomic mass is 10.6. The van der Waals surface area contributed by atoms with Crippen LogP contribution in [0.1, 0.15) is 12.1 Å². The van der Waals surface area contributed by atoms with Crippen LogP contribution < -0.4 is 0 Å². The van der Waals surface area contributed by atoms with Crippen LogP contribution in [0.5, 0.6) is 0 Å². The predicted molar refractivity (Wildman–Crippen MR) is 82.6 cm³/mol. The Morgan fingerprint density at radius 1 is 1.53 bits per heavy atom. The molecule has 0 radical (unpaired) electrons. The Morgan fingerprint density at radius 2 is 2.29 bits per heavy atom. The highest BCUT2D eigenvalue weighted by Gasteiger charge is 2.02. The Balaban J connectivity index is 2.48. The number of hydrogen-bond acceptors (Lipinski definition) is 7. The fourth-order valence-corrected chi connectivity index (χ4v) is 3.63. The van der Waals surface area contributed by atoms with Gasteiger partial charge in [-0.1, -0.05) is 0 Å². The number of rotatable bonds is 5. The minimum atomic E-state index is 0.600. The van der Waals surface area contributed by atoms with E-state index in [-0.39, 0.29) is 0 Å². The van der Waals surface area contributed by atoms with E-state index in [1.54, 1.807) is 46.6 Å². The van der Waals surface area contributed by atoms with Gasteiger partial charge in [0, 0.05) is 23.3 Å². The molecule has 0 aliphatic carbocycles. The van der Waals surface area contributed by atoms with Gasteiger partial charge < -0.3 is 0 Å². The second-order valence-corrected chi connectivity index (χ2v) is 6.66. The van der Waals surface area contributed by atoms with E-state index >= 15 is 0 Å². The molecule has 0 aromatic carbocycles. The molecule has 0 N–H and O–H groups in total. The van der Waals surface area contributed by atoms with Crippen LogP contribution in [0.3, 0.4) is 0 Å². The average Bonchev–Trinajstić information content (AvgIpc) is 2.79. The number of hydrogen-bond donors (Lipinski definition) is 0. The molecule has 1 aromatic rings. The lowest BCUT2D eigenvalue weighted by Crippen LogP contribution is -1.83. The minimum Gasteiger partial charge on any atom is -0.223 e. The monoisotopic (exact) mass is 303 g/mol. The topological polar surface area (TPSA) is 49.0 Å². The summed E-state index contributed by atoms with van der Waals surface area (Å²) in [4.78, 5) is 8.89. The molecule has 7 heteroatoms. The van der Waals surface area contributed by atoms with Crippen molar-refractivity contribution in [2.45, 2.75) is 12.2 Å². The van der Waals surface area contributed by atoms with E-state index < -0.39 is 0 Å². The number of nitriles is 1. The fourth-order valence-electron chi connectivity index (χ4n) is 0.961. The molecule has 1 aromatic heterocycles. The smallest absolute Gasteiger partial charge is 0.210 e. The van der Waals surface area contributed by atoms with E-state index in [0.29, 0.717) is 6.42 Å². The van der Waals surface area contributed by atoms with E-state index in [1.165, 1.54) is 0 Å². The summed E-state index contributed by atoms with van der Waals surface area (Å²) < 4.78 is 1.03. The normalized spacial score (nSPS) is 9.94. The molecule has 1 rings (SSSR count). The van der Waals surface area contributed by atoms with Crippen LogP contribution >= 0.6 is 46.6 Å². The fraction of sp³-hybridized carbons (Fsp3) is 0.500. The molecule has 0 aliphatic heterocycles. The number of aromatic nitrogens is 1. The Hall–Kier alpha value is -0.160. The quantitative estimate of drug-likeness (QED) is 0.467. The summed E-state index contributed by atoms with van der Waals surface area (Å²) in [7, 11) is 0. The van der Waals surface area contributed by atoms with Gasteiger partial charge in [-0.15, -0.1) is 34.9 Å². The summed E-state index contributed by atoms with van der Waals surface area (Å²) in [6, 6.07) is 2.13. The third-order valence-electron chi connectivity index (χ3n) is 1.68. The first kappa shape index (κ1) is 14.9. The first-order valence-electron chi connectivity index (χ1n) is 4.86. The van der Waals surface area contributed by atoms with Crippen molar-refractivity contribution >= 4 is 56.1 Å². The molecule has 0 aliphatic rings. The summed E-state index contributed by atoms with van der Waals surface area (Å²) in [5.41, 5.74) is 1.05. The zero-order valence-electron chi connectivity index (χ0n) is 9.67. The predicted octanol–water partition coefficient (Wildman–Crippen LogP) is 4.00. The molecule has 0 amide bonds. The number of thiazole rings is 1. The largest absolute Gasteiger partial charge is 0.223 e. The van der Waals surface area contributed by atoms with Crippen LogP contribution in [-0.2, 0) is 5.75 Å². The molecular weight excluding hydrogens is 290 g/mol. The van der Waals surface area contributed by atoms with Crippen LogP contribution in [0.4, 0.5) is 5.13 Å². The van der Waals surface area contributed by atoms with E-state index in [2.05, 4.69) is 16.0 Å². The lowest BCUT2D eigenvalue weighted by molar-refractivity contribution is 1.20. The number of aliphatic imine (C=N–C) groups is 1. The SMILES string of the molecule is CSC(=Nc1nc(CSCCC#N)cs1)SC. The van der Waals surface area contributed by atoms with Crippen molar-refractivity contribution in [1.29, 1.82) is 5.26 Å². The van der Waals surface area contributed by atoms with E-state index in [1.807, 2.05) is 17.9 Å². The van der Waals surface area contributed by atoms with Crippen molar-refractivity contribution in [2.24, 2.45) is 4.99 Å². The van der Waals surface area contributed by atoms with Crippen LogP contribution in [0.25, 0.3) is 0 Å². The Kier molecular flexibility index (Phi) is 7.77. The molecule has 1 heterocycles. The Morgan fingerprint density at radius 3 is 2.94 bits per heavy atom. The van der Waals surface area contributed by atoms with Gasteiger partial charge in [0.05, 0.1) is 11.8 Å². The molecule has 0 bridgehead atoms. The molecule has 3 nitrogen and oxygen atoms in total. The van der Waals surface area contributed by atoms with E-state index in [9.17, 15) is 0 Å². The molecule has 17 heavy (non-hydrogen) atoms. The second-order valence-electron chi connectivity index (χ2n) is 2.87. The number of thioether (sulfide) groups is 3. The number of nitrogens with zero attached hydrogens (tertiary/aromatic N) is 3. The molecule has 92 valence electrons. The van der Waals surface area contributed by atoms with Crippen LogP contribution in [0.15, 0.2) is 10.4 Å². The summed E-state index contributed by atoms with van der Waals surface area (Å²) in [5.74, 6) is 1.73. The van der Waals surface area contributed by atoms with Gasteiger partial charge in [0.25, 0.3) is 0 Å². The highest BCUT2D eigenvalue weighted by atomic mass is 32.2. The molecule has 0 unspecified atom stereocenters. The highest BCUT2D eigenvalue weighted by Crippen LogP contribution is 2.25. The maximum Gasteiger partial charge on any atom is 0.210 e. The maximum absolute atomic E-state index is 8.42. The van der Waals surface area contributed by atoms with E-state index in [4.69, 9.17) is 5.26 Å². The van der Waals surface area contributed by atoms with Gasteiger partial charge in [-0.2, -0.15) is 17.0 Å². The summed E-state index contributed by atoms with van der Waals surface area (Å²) >= 11 is 6.58. The van der Waals surface area contributed by atoms with Gasteiger partial charge in [0.1, 0.15) is 4.38 Å². The van der Waals surface area contributed by atoms with Gasteiger partial charge in [-0.25, -0.2) is 9.98 Å². The lowest BCUT2D eigenvalue weighted by Gasteiger charge is -1.95. The van der Waals surface area contributed by atoms with Crippen molar-refractivity contribution in [3.63, 3.8) is 0 Å². The molecule has 0 saturated carbocycles. The van der Waals surface area contributed by atoms with Crippen molar-refractivity contribution < 1.29 is 0 Å². The van der Waals surface area contributed by atoms with Crippen LogP contribution in [0.2, 0.25) is 0 Å². The van der Waals surface area contributed by atoms with Gasteiger partial charge in [-0.05, 0) is 12.5 Å². The minimum absolute atomic E-state index is 0.600. The van der Waals surface area contributed by atoms with Gasteiger partial charge >= 0.3 is 0 Å². The van der Waals surface area contributed by atoms with Gasteiger partial charge in [-0.3, -0.25) is 0 Å². The Labute approximate surface area is 119 Å². The first-order valence-corrected chi connectivity index (χ1v) is 9.34. The first-order chi connectivity index (χ1) is 8.30. The highest BCUT2D eigenvalue weighted by molar-refractivity contribution is 8.38. The summed E-state index contributed by atoms with van der Waals surface area (Å²) in [6.07, 6.45) is 4.63. The van der Waals surface area contributed by atoms with Crippen LogP contribution in [0, 0.1) is 11.3 Å². The average molecular weight is 304 g/mol. The molecule has 0 spiro atoms. The molecule has 0 saturated heterocycles. The van der Waals surface area contributed by atoms with Crippen molar-refractivity contribution in [3.8, 4) is 6.07 Å². The van der Waals surface area contributed by atoms with Crippen molar-refractivity contribution in [2.75, 3.05) is 18.3 Å². The molecule has 0 fully saturated rings. The van der Waals surface area contributed by atoms with Gasteiger partial charge in [0.15, 0.2) is 0 Å².